The van der Waals surface area contributed by atoms with E-state index in [2.05, 4.69) is 14.9 Å². The van der Waals surface area contributed by atoms with Gasteiger partial charge in [-0.3, -0.25) is 4.79 Å². The first-order valence-corrected chi connectivity index (χ1v) is 7.99. The molecule has 2 aliphatic rings. The van der Waals surface area contributed by atoms with Crippen LogP contribution in [0.15, 0.2) is 36.7 Å². The molecule has 0 saturated carbocycles. The lowest BCUT2D eigenvalue weighted by atomic mass is 10.1. The van der Waals surface area contributed by atoms with Gasteiger partial charge in [0.15, 0.2) is 17.3 Å². The minimum absolute atomic E-state index is 0.100. The van der Waals surface area contributed by atoms with E-state index >= 15 is 0 Å². The van der Waals surface area contributed by atoms with E-state index in [4.69, 9.17) is 9.47 Å². The van der Waals surface area contributed by atoms with Gasteiger partial charge in [-0.15, -0.1) is 0 Å². The van der Waals surface area contributed by atoms with Crippen LogP contribution < -0.4 is 14.4 Å². The first-order chi connectivity index (χ1) is 11.8. The molecule has 3 heterocycles. The van der Waals surface area contributed by atoms with Crippen LogP contribution in [0.2, 0.25) is 0 Å². The van der Waals surface area contributed by atoms with Crippen molar-refractivity contribution in [2.24, 2.45) is 0 Å². The van der Waals surface area contributed by atoms with Crippen molar-refractivity contribution in [2.45, 2.75) is 12.8 Å². The molecule has 4 rings (SSSR count). The molecule has 0 unspecified atom stereocenters. The van der Waals surface area contributed by atoms with Crippen molar-refractivity contribution in [2.75, 3.05) is 24.8 Å². The number of anilines is 1. The van der Waals surface area contributed by atoms with Gasteiger partial charge in [0, 0.05) is 36.6 Å². The van der Waals surface area contributed by atoms with Crippen LogP contribution in [0.5, 0.6) is 11.5 Å². The molecule has 1 saturated heterocycles. The van der Waals surface area contributed by atoms with Crippen LogP contribution in [0.3, 0.4) is 0 Å². The van der Waals surface area contributed by atoms with Gasteiger partial charge in [0.2, 0.25) is 12.7 Å². The van der Waals surface area contributed by atoms with E-state index in [1.54, 1.807) is 36.7 Å². The van der Waals surface area contributed by atoms with Gasteiger partial charge in [-0.1, -0.05) is 0 Å². The molecule has 1 aromatic heterocycles. The largest absolute Gasteiger partial charge is 0.454 e. The fraction of sp³-hybridized carbons (Fsp3) is 0.278. The molecular weight excluding hydrogens is 306 g/mol. The van der Waals surface area contributed by atoms with E-state index in [0.717, 1.165) is 24.6 Å². The van der Waals surface area contributed by atoms with E-state index < -0.39 is 0 Å². The maximum absolute atomic E-state index is 12.3. The molecule has 122 valence electrons. The molecule has 0 bridgehead atoms. The third-order valence-electron chi connectivity index (χ3n) is 4.13. The number of rotatable bonds is 4. The molecule has 0 spiro atoms. The zero-order valence-corrected chi connectivity index (χ0v) is 13.1. The van der Waals surface area contributed by atoms with Gasteiger partial charge >= 0.3 is 0 Å². The molecule has 0 radical (unpaired) electrons. The summed E-state index contributed by atoms with van der Waals surface area (Å²) in [6, 6.07) is 5.17. The molecule has 0 aliphatic carbocycles. The van der Waals surface area contributed by atoms with Gasteiger partial charge in [-0.25, -0.2) is 9.97 Å². The Labute approximate surface area is 139 Å². The number of aromatic nitrogens is 2. The summed E-state index contributed by atoms with van der Waals surface area (Å²) in [6.07, 6.45) is 9.10. The second-order valence-electron chi connectivity index (χ2n) is 5.78. The lowest BCUT2D eigenvalue weighted by Crippen LogP contribution is -2.20. The number of carbonyl (C=O) groups excluding carboxylic acids is 1. The molecule has 2 aliphatic heterocycles. The Kier molecular flexibility index (Phi) is 3.86. The Morgan fingerprint density at radius 2 is 1.83 bits per heavy atom. The number of nitrogens with zero attached hydrogens (tertiary/aromatic N) is 3. The molecule has 6 heteroatoms. The molecule has 6 nitrogen and oxygen atoms in total. The first-order valence-electron chi connectivity index (χ1n) is 7.99. The summed E-state index contributed by atoms with van der Waals surface area (Å²) < 4.78 is 10.5. The Morgan fingerprint density at radius 3 is 2.62 bits per heavy atom. The lowest BCUT2D eigenvalue weighted by Gasteiger charge is -2.14. The summed E-state index contributed by atoms with van der Waals surface area (Å²) in [7, 11) is 0. The summed E-state index contributed by atoms with van der Waals surface area (Å²) in [4.78, 5) is 23.2. The van der Waals surface area contributed by atoms with Gasteiger partial charge in [0.25, 0.3) is 0 Å². The minimum atomic E-state index is -0.100. The van der Waals surface area contributed by atoms with E-state index in [9.17, 15) is 4.79 Å². The number of ketones is 1. The summed E-state index contributed by atoms with van der Waals surface area (Å²) in [6.45, 7) is 2.22. The van der Waals surface area contributed by atoms with E-state index in [1.165, 1.54) is 18.9 Å². The van der Waals surface area contributed by atoms with Crippen molar-refractivity contribution in [1.29, 1.82) is 0 Å². The molecule has 24 heavy (non-hydrogen) atoms. The molecule has 2 aromatic rings. The molecule has 0 amide bonds. The van der Waals surface area contributed by atoms with Crippen molar-refractivity contribution >= 4 is 17.8 Å². The third kappa shape index (κ3) is 2.95. The topological polar surface area (TPSA) is 64.6 Å². The normalized spacial score (nSPS) is 16.1. The Balaban J connectivity index is 1.45. The molecule has 1 fully saturated rings. The average molecular weight is 323 g/mol. The van der Waals surface area contributed by atoms with Crippen molar-refractivity contribution < 1.29 is 14.3 Å². The molecule has 0 N–H and O–H groups in total. The van der Waals surface area contributed by atoms with Gasteiger partial charge in [0.1, 0.15) is 0 Å². The number of hydrogen-bond donors (Lipinski definition) is 0. The standard InChI is InChI=1S/C18H17N3O3/c22-15(14-4-6-16-17(9-14)24-12-23-16)5-3-13-10-19-18(20-11-13)21-7-1-2-8-21/h3-6,9-11H,1-2,7-8,12H2/b5-3-. The summed E-state index contributed by atoms with van der Waals surface area (Å²) >= 11 is 0. The maximum Gasteiger partial charge on any atom is 0.231 e. The first kappa shape index (κ1) is 14.7. The predicted molar refractivity (Wildman–Crippen MR) is 89.4 cm³/mol. The Morgan fingerprint density at radius 1 is 1.08 bits per heavy atom. The Bertz CT molecular complexity index is 781. The number of ether oxygens (including phenoxy) is 2. The molecule has 0 atom stereocenters. The van der Waals surface area contributed by atoms with E-state index in [0.29, 0.717) is 17.1 Å². The van der Waals surface area contributed by atoms with Gasteiger partial charge in [0.05, 0.1) is 0 Å². The van der Waals surface area contributed by atoms with E-state index in [-0.39, 0.29) is 12.6 Å². The van der Waals surface area contributed by atoms with Crippen LogP contribution >= 0.6 is 0 Å². The van der Waals surface area contributed by atoms with Crippen molar-refractivity contribution in [3.8, 4) is 11.5 Å². The number of carbonyl (C=O) groups is 1. The fourth-order valence-corrected chi connectivity index (χ4v) is 2.82. The second kappa shape index (κ2) is 6.31. The highest BCUT2D eigenvalue weighted by molar-refractivity contribution is 6.07. The van der Waals surface area contributed by atoms with Gasteiger partial charge in [-0.2, -0.15) is 0 Å². The number of benzene rings is 1. The second-order valence-corrected chi connectivity index (χ2v) is 5.78. The van der Waals surface area contributed by atoms with Gasteiger partial charge in [-0.05, 0) is 43.2 Å². The van der Waals surface area contributed by atoms with Crippen LogP contribution in [0, 0.1) is 0 Å². The molecule has 1 aromatic carbocycles. The van der Waals surface area contributed by atoms with Crippen LogP contribution in [0.4, 0.5) is 5.95 Å². The van der Waals surface area contributed by atoms with Crippen LogP contribution in [-0.4, -0.2) is 35.6 Å². The van der Waals surface area contributed by atoms with E-state index in [1.807, 2.05) is 0 Å². The Hall–Kier alpha value is -2.89. The number of allylic oxidation sites excluding steroid dienone is 1. The predicted octanol–water partition coefficient (Wildman–Crippen LogP) is 2.70. The van der Waals surface area contributed by atoms with Crippen molar-refractivity contribution in [3.63, 3.8) is 0 Å². The summed E-state index contributed by atoms with van der Waals surface area (Å²) in [5, 5.41) is 0. The maximum atomic E-state index is 12.3. The average Bonchev–Trinajstić information content (AvgIpc) is 3.30. The third-order valence-corrected chi connectivity index (χ3v) is 4.13. The quantitative estimate of drug-likeness (QED) is 0.637. The zero-order valence-electron chi connectivity index (χ0n) is 13.1. The van der Waals surface area contributed by atoms with Crippen LogP contribution in [0.25, 0.3) is 6.08 Å². The highest BCUT2D eigenvalue weighted by Gasteiger charge is 2.15. The van der Waals surface area contributed by atoms with Crippen LogP contribution in [0.1, 0.15) is 28.8 Å². The SMILES string of the molecule is O=C(/C=C\c1cnc(N2CCCC2)nc1)c1ccc2c(c1)OCO2. The van der Waals surface area contributed by atoms with Crippen LogP contribution in [-0.2, 0) is 0 Å². The zero-order chi connectivity index (χ0) is 16.4. The smallest absolute Gasteiger partial charge is 0.231 e. The highest BCUT2D eigenvalue weighted by atomic mass is 16.7. The molecular formula is C18H17N3O3. The fourth-order valence-electron chi connectivity index (χ4n) is 2.82. The number of fused-ring (bicyclic) bond motifs is 1. The minimum Gasteiger partial charge on any atom is -0.454 e. The summed E-state index contributed by atoms with van der Waals surface area (Å²) in [5.41, 5.74) is 1.36. The summed E-state index contributed by atoms with van der Waals surface area (Å²) in [5.74, 6) is 1.93. The highest BCUT2D eigenvalue weighted by Crippen LogP contribution is 2.32. The lowest BCUT2D eigenvalue weighted by molar-refractivity contribution is 0.104. The monoisotopic (exact) mass is 323 g/mol. The van der Waals surface area contributed by atoms with Crippen molar-refractivity contribution in [1.82, 2.24) is 9.97 Å². The van der Waals surface area contributed by atoms with Gasteiger partial charge < -0.3 is 14.4 Å². The number of hydrogen-bond acceptors (Lipinski definition) is 6. The van der Waals surface area contributed by atoms with Crippen molar-refractivity contribution in [3.05, 3.63) is 47.8 Å².